The standard InChI is InChI=1S/2C27H18FN5.C14H10BFN2O2.2C13H10BrN3.C10H17BN2O2.C9H5Br2N/c1-33-16-17(14-31-33)18-8-9-19(20-10-12-29-15-24(18)20)23-13-26(22-5-2-3-7-25(22)28)32-27-21(23)6-4-11-30-27;1-33-16-17(14-31-33)18-8-9-19(24-15-29-12-10-20(18)24)23-13-26(22-5-2-3-7-25(22)28)32-27-21(23)6-4-11-30-27;16-12-6-2-1-4-10(12)13-8-11(15(19)20)9-5-3-7-17-14(9)18-13;1-17-8-9(6-16-17)10-2-3-13(14)11-4-5-15-7-12(10)11;1-17-8-9(6-16-17)10-2-3-13(14)12-7-15-5-4-11(10)12;1-9(2)10(3,4)15-11(14-9)8-6-12-13(5)7-8;10-8-1-2-9(11)7-5-12-4-3-6(7)8/h2*2-16H,1H3;1-8,19-20H;2*2-8H,1H3;6-7H,1-5H3;1-5H. The molecule has 0 saturated carbocycles. The zero-order valence-corrected chi connectivity index (χ0v) is 86.8. The molecule has 0 aliphatic carbocycles. The molecule has 0 unspecified atom stereocenters. The number of aromatic nitrogens is 21. The lowest BCUT2D eigenvalue weighted by Gasteiger charge is -2.32. The van der Waals surface area contributed by atoms with E-state index in [0.717, 1.165) is 133 Å². The van der Waals surface area contributed by atoms with Gasteiger partial charge >= 0.3 is 14.2 Å². The lowest BCUT2D eigenvalue weighted by atomic mass is 9.78. The van der Waals surface area contributed by atoms with Crippen LogP contribution in [0.4, 0.5) is 13.2 Å². The van der Waals surface area contributed by atoms with Crippen molar-refractivity contribution in [1.29, 1.82) is 0 Å². The maximum Gasteiger partial charge on any atom is 0.498 e. The minimum atomic E-state index is -1.67. The van der Waals surface area contributed by atoms with Crippen LogP contribution in [-0.2, 0) is 44.5 Å². The number of hydrogen-bond donors (Lipinski definition) is 2. The first kappa shape index (κ1) is 99.9. The molecular weight excluding hydrogens is 2110 g/mol. The molecule has 1 aliphatic rings. The van der Waals surface area contributed by atoms with E-state index >= 15 is 0 Å². The van der Waals surface area contributed by atoms with Crippen LogP contribution in [-0.4, -0.2) is 139 Å². The molecule has 1 aliphatic heterocycles. The van der Waals surface area contributed by atoms with Crippen LogP contribution in [0.5, 0.6) is 0 Å². The summed E-state index contributed by atoms with van der Waals surface area (Å²) in [4.78, 5) is 47.8. The molecule has 0 atom stereocenters. The third-order valence-corrected chi connectivity index (χ3v) is 28.1. The van der Waals surface area contributed by atoms with Gasteiger partial charge in [-0.25, -0.2) is 43.1 Å². The highest BCUT2D eigenvalue weighted by molar-refractivity contribution is 9.11. The molecule has 0 bridgehead atoms. The summed E-state index contributed by atoms with van der Waals surface area (Å²) < 4.78 is 68.1. The Morgan fingerprint density at radius 3 is 0.952 bits per heavy atom. The first-order chi connectivity index (χ1) is 71.2. The lowest BCUT2D eigenvalue weighted by Crippen LogP contribution is -2.41. The molecule has 24 aromatic rings. The van der Waals surface area contributed by atoms with E-state index in [1.807, 2.05) is 258 Å². The van der Waals surface area contributed by atoms with E-state index in [1.54, 1.807) is 123 Å². The van der Waals surface area contributed by atoms with Gasteiger partial charge in [0, 0.05) is 264 Å². The number of halogens is 7. The maximum atomic E-state index is 14.6. The molecule has 147 heavy (non-hydrogen) atoms. The zero-order valence-electron chi connectivity index (χ0n) is 80.5. The monoisotopic (exact) mass is 2200 g/mol. The highest BCUT2D eigenvalue weighted by Crippen LogP contribution is 2.44. The molecule has 34 heteroatoms. The summed E-state index contributed by atoms with van der Waals surface area (Å²) in [7, 11) is 7.56. The quantitative estimate of drug-likeness (QED) is 0.114. The fourth-order valence-electron chi connectivity index (χ4n) is 17.3. The second-order valence-corrected chi connectivity index (χ2v) is 38.9. The normalized spacial score (nSPS) is 12.3. The largest absolute Gasteiger partial charge is 0.498 e. The van der Waals surface area contributed by atoms with Gasteiger partial charge in [0.15, 0.2) is 16.9 Å². The van der Waals surface area contributed by atoms with E-state index in [0.29, 0.717) is 56.1 Å². The highest BCUT2D eigenvalue weighted by atomic mass is 79.9. The fourth-order valence-corrected chi connectivity index (χ4v) is 19.2. The third kappa shape index (κ3) is 21.7. The van der Waals surface area contributed by atoms with E-state index in [-0.39, 0.29) is 35.4 Å². The summed E-state index contributed by atoms with van der Waals surface area (Å²) in [6.07, 6.45) is 42.5. The van der Waals surface area contributed by atoms with Crippen molar-refractivity contribution in [1.82, 2.24) is 104 Å². The Morgan fingerprint density at radius 2 is 0.571 bits per heavy atom. The predicted molar refractivity (Wildman–Crippen MR) is 590 cm³/mol. The van der Waals surface area contributed by atoms with Crippen molar-refractivity contribution in [3.8, 4) is 101 Å². The van der Waals surface area contributed by atoms with Gasteiger partial charge in [0.25, 0.3) is 0 Å². The molecule has 2 N–H and O–H groups in total. The maximum absolute atomic E-state index is 14.6. The number of hydrogen-bond acceptors (Lipinski definition) is 20. The molecular formula is C113H88B2Br4F3N21O4. The molecule has 1 saturated heterocycles. The van der Waals surface area contributed by atoms with Crippen LogP contribution in [0.3, 0.4) is 0 Å². The van der Waals surface area contributed by atoms with Crippen LogP contribution in [0.15, 0.2) is 379 Å². The summed E-state index contributed by atoms with van der Waals surface area (Å²) in [5, 5.41) is 53.5. The molecule has 724 valence electrons. The number of fused-ring (bicyclic) bond motifs is 8. The first-order valence-electron chi connectivity index (χ1n) is 46.3. The highest BCUT2D eigenvalue weighted by Gasteiger charge is 2.52. The van der Waals surface area contributed by atoms with Crippen molar-refractivity contribution in [2.24, 2.45) is 35.2 Å². The second kappa shape index (κ2) is 43.6. The van der Waals surface area contributed by atoms with Gasteiger partial charge < -0.3 is 19.4 Å². The number of pyridine rings is 11. The molecule has 0 spiro atoms. The number of rotatable bonds is 11. The minimum Gasteiger partial charge on any atom is -0.423 e. The molecule has 1 fully saturated rings. The average molecular weight is 2200 g/mol. The van der Waals surface area contributed by atoms with Gasteiger partial charge in [-0.3, -0.25) is 48.3 Å². The SMILES string of the molecule is Brc1ccc(Br)c2cnccc12.Cn1cc(-c2ccc(-c3cc(-c4ccccc4F)nc4ncccc34)c3ccncc23)cn1.Cn1cc(-c2ccc(-c3cc(-c4ccccc4F)nc4ncccc34)c3cnccc23)cn1.Cn1cc(-c2ccc(Br)c3ccncc23)cn1.Cn1cc(-c2ccc(Br)c3cnccc23)cn1.Cn1cc(B2OC(C)(C)C(C)(C)O2)cn1.OB(O)c1cc(-c2ccccc2F)nc2ncccc12. The minimum absolute atomic E-state index is 0.251. The van der Waals surface area contributed by atoms with Crippen LogP contribution in [0.25, 0.3) is 187 Å². The van der Waals surface area contributed by atoms with E-state index in [2.05, 4.69) is 187 Å². The Morgan fingerprint density at radius 1 is 0.279 bits per heavy atom. The van der Waals surface area contributed by atoms with Crippen molar-refractivity contribution < 1.29 is 32.5 Å². The van der Waals surface area contributed by atoms with Crippen molar-refractivity contribution in [3.63, 3.8) is 0 Å². The Hall–Kier alpha value is -15.8. The topological polar surface area (TPSA) is 290 Å². The Bertz CT molecular complexity index is 8600. The molecule has 0 amide bonds. The van der Waals surface area contributed by atoms with Gasteiger partial charge in [-0.15, -0.1) is 0 Å². The summed E-state index contributed by atoms with van der Waals surface area (Å²) in [6.45, 7) is 8.18. The predicted octanol–water partition coefficient (Wildman–Crippen LogP) is 24.5. The second-order valence-electron chi connectivity index (χ2n) is 35.4. The van der Waals surface area contributed by atoms with Crippen LogP contribution in [0.1, 0.15) is 27.7 Å². The lowest BCUT2D eigenvalue weighted by molar-refractivity contribution is 0.00578. The van der Waals surface area contributed by atoms with E-state index in [4.69, 9.17) is 9.31 Å². The van der Waals surface area contributed by atoms with Gasteiger partial charge in [-0.2, -0.15) is 25.5 Å². The number of aryl methyl sites for hydroxylation is 5. The molecule has 0 radical (unpaired) electrons. The van der Waals surface area contributed by atoms with Crippen molar-refractivity contribution in [2.45, 2.75) is 38.9 Å². The van der Waals surface area contributed by atoms with Crippen molar-refractivity contribution >= 4 is 176 Å². The third-order valence-electron chi connectivity index (χ3n) is 25.3. The first-order valence-corrected chi connectivity index (χ1v) is 49.5. The van der Waals surface area contributed by atoms with Crippen LogP contribution >= 0.6 is 63.7 Å². The van der Waals surface area contributed by atoms with Crippen LogP contribution < -0.4 is 10.9 Å². The molecule has 25 rings (SSSR count). The fraction of sp³-hybridized carbons (Fsp3) is 0.0973. The van der Waals surface area contributed by atoms with Gasteiger partial charge in [-0.1, -0.05) is 143 Å². The summed E-state index contributed by atoms with van der Waals surface area (Å²) >= 11 is 14.1. The average Bonchev–Trinajstić information content (AvgIpc) is 1.65. The van der Waals surface area contributed by atoms with Gasteiger partial charge in [-0.05, 0) is 239 Å². The van der Waals surface area contributed by atoms with Gasteiger partial charge in [0.2, 0.25) is 0 Å². The molecule has 17 heterocycles. The van der Waals surface area contributed by atoms with Crippen molar-refractivity contribution in [2.75, 3.05) is 0 Å². The Kier molecular flexibility index (Phi) is 29.7. The Labute approximate surface area is 876 Å². The summed E-state index contributed by atoms with van der Waals surface area (Å²) in [6, 6.07) is 66.8. The number of benzene rings is 8. The van der Waals surface area contributed by atoms with Crippen LogP contribution in [0.2, 0.25) is 0 Å². The van der Waals surface area contributed by atoms with Crippen molar-refractivity contribution in [3.05, 3.63) is 396 Å². The molecule has 8 aromatic carbocycles. The molecule has 25 nitrogen and oxygen atoms in total. The number of nitrogens with zero attached hydrogens (tertiary/aromatic N) is 21. The van der Waals surface area contributed by atoms with E-state index in [9.17, 15) is 23.2 Å². The van der Waals surface area contributed by atoms with E-state index < -0.39 is 12.9 Å². The van der Waals surface area contributed by atoms with Gasteiger partial charge in [0.05, 0.1) is 53.1 Å². The Balaban J connectivity index is 0.000000111. The van der Waals surface area contributed by atoms with E-state index in [1.165, 1.54) is 46.0 Å². The smallest absolute Gasteiger partial charge is 0.423 e. The summed E-state index contributed by atoms with van der Waals surface area (Å²) in [5.41, 5.74) is 17.4. The zero-order chi connectivity index (χ0) is 102. The summed E-state index contributed by atoms with van der Waals surface area (Å²) in [5.74, 6) is -1.05. The molecule has 16 aromatic heterocycles. The van der Waals surface area contributed by atoms with Crippen LogP contribution in [0, 0.1) is 17.5 Å². The van der Waals surface area contributed by atoms with Gasteiger partial charge in [0.1, 0.15) is 17.5 Å².